The first kappa shape index (κ1) is 10.9. The first-order chi connectivity index (χ1) is 7.75. The number of hydrogen-bond acceptors (Lipinski definition) is 2. The SMILES string of the molecule is O=[SH](=O)Cc1cccc(-c2cc[c]cc2)c1. The maximum atomic E-state index is 10.6. The van der Waals surface area contributed by atoms with Crippen molar-refractivity contribution in [3.8, 4) is 11.1 Å². The third-order valence-electron chi connectivity index (χ3n) is 2.29. The zero-order chi connectivity index (χ0) is 11.4. The van der Waals surface area contributed by atoms with Crippen LogP contribution in [0.25, 0.3) is 11.1 Å². The third kappa shape index (κ3) is 2.70. The Morgan fingerprint density at radius 2 is 1.75 bits per heavy atom. The molecule has 0 fully saturated rings. The van der Waals surface area contributed by atoms with Crippen LogP contribution in [0.1, 0.15) is 5.56 Å². The average Bonchev–Trinajstić information content (AvgIpc) is 2.30. The summed E-state index contributed by atoms with van der Waals surface area (Å²) in [5, 5.41) is 0. The summed E-state index contributed by atoms with van der Waals surface area (Å²) in [6.45, 7) is 0. The van der Waals surface area contributed by atoms with Crippen LogP contribution < -0.4 is 0 Å². The van der Waals surface area contributed by atoms with Gasteiger partial charge >= 0.3 is 0 Å². The Hall–Kier alpha value is -1.61. The van der Waals surface area contributed by atoms with E-state index in [4.69, 9.17) is 0 Å². The fourth-order valence-electron chi connectivity index (χ4n) is 1.58. The van der Waals surface area contributed by atoms with Crippen LogP contribution >= 0.6 is 0 Å². The van der Waals surface area contributed by atoms with E-state index in [0.29, 0.717) is 0 Å². The molecule has 2 rings (SSSR count). The van der Waals surface area contributed by atoms with Gasteiger partial charge in [-0.2, -0.15) is 0 Å². The molecule has 0 aromatic heterocycles. The quantitative estimate of drug-likeness (QED) is 0.822. The summed E-state index contributed by atoms with van der Waals surface area (Å²) in [5.74, 6) is 0.0993. The minimum Gasteiger partial charge on any atom is -0.232 e. The Balaban J connectivity index is 2.36. The maximum absolute atomic E-state index is 10.6. The fraction of sp³-hybridized carbons (Fsp3) is 0.0769. The van der Waals surface area contributed by atoms with E-state index in [1.807, 2.05) is 48.5 Å². The van der Waals surface area contributed by atoms with Crippen LogP contribution in [0.2, 0.25) is 0 Å². The molecule has 81 valence electrons. The second kappa shape index (κ2) is 4.94. The zero-order valence-electron chi connectivity index (χ0n) is 8.59. The minimum atomic E-state index is -2.36. The fourth-order valence-corrected chi connectivity index (χ4v) is 2.07. The summed E-state index contributed by atoms with van der Waals surface area (Å²) < 4.78 is 21.3. The normalized spacial score (nSPS) is 10.6. The summed E-state index contributed by atoms with van der Waals surface area (Å²) in [6.07, 6.45) is 0. The van der Waals surface area contributed by atoms with E-state index in [1.165, 1.54) is 0 Å². The van der Waals surface area contributed by atoms with E-state index in [9.17, 15) is 8.42 Å². The Labute approximate surface area is 96.5 Å². The molecule has 0 bridgehead atoms. The molecule has 16 heavy (non-hydrogen) atoms. The van der Waals surface area contributed by atoms with E-state index >= 15 is 0 Å². The van der Waals surface area contributed by atoms with Crippen LogP contribution in [0, 0.1) is 6.07 Å². The molecular formula is C13H11O2S. The van der Waals surface area contributed by atoms with Gasteiger partial charge in [-0.25, -0.2) is 8.42 Å². The van der Waals surface area contributed by atoms with Crippen molar-refractivity contribution < 1.29 is 8.42 Å². The maximum Gasteiger partial charge on any atom is 0.144 e. The van der Waals surface area contributed by atoms with Gasteiger partial charge in [0.1, 0.15) is 10.7 Å². The number of benzene rings is 2. The molecule has 0 aliphatic heterocycles. The molecule has 0 spiro atoms. The van der Waals surface area contributed by atoms with E-state index < -0.39 is 10.7 Å². The Bertz CT molecular complexity index is 537. The summed E-state index contributed by atoms with van der Waals surface area (Å²) in [5.41, 5.74) is 2.92. The molecule has 0 saturated carbocycles. The van der Waals surface area contributed by atoms with Gasteiger partial charge in [0.25, 0.3) is 0 Å². The van der Waals surface area contributed by atoms with Crippen molar-refractivity contribution in [2.24, 2.45) is 0 Å². The van der Waals surface area contributed by atoms with Crippen LogP contribution in [0.4, 0.5) is 0 Å². The van der Waals surface area contributed by atoms with Crippen molar-refractivity contribution in [2.45, 2.75) is 5.75 Å². The average molecular weight is 231 g/mol. The summed E-state index contributed by atoms with van der Waals surface area (Å²) >= 11 is 0. The lowest BCUT2D eigenvalue weighted by Gasteiger charge is -2.02. The van der Waals surface area contributed by atoms with Crippen molar-refractivity contribution >= 4 is 10.7 Å². The largest absolute Gasteiger partial charge is 0.232 e. The highest BCUT2D eigenvalue weighted by Gasteiger charge is 1.99. The smallest absolute Gasteiger partial charge is 0.144 e. The molecule has 0 unspecified atom stereocenters. The molecular weight excluding hydrogens is 220 g/mol. The number of rotatable bonds is 3. The van der Waals surface area contributed by atoms with Gasteiger partial charge in [-0.15, -0.1) is 0 Å². The Morgan fingerprint density at radius 1 is 1.00 bits per heavy atom. The summed E-state index contributed by atoms with van der Waals surface area (Å²) in [4.78, 5) is 0. The lowest BCUT2D eigenvalue weighted by Crippen LogP contribution is -1.87. The van der Waals surface area contributed by atoms with E-state index in [2.05, 4.69) is 6.07 Å². The van der Waals surface area contributed by atoms with Gasteiger partial charge in [0, 0.05) is 0 Å². The first-order valence-corrected chi connectivity index (χ1v) is 6.29. The molecule has 0 atom stereocenters. The predicted molar refractivity (Wildman–Crippen MR) is 64.7 cm³/mol. The Morgan fingerprint density at radius 3 is 2.44 bits per heavy atom. The molecule has 2 aromatic carbocycles. The lowest BCUT2D eigenvalue weighted by molar-refractivity contribution is 0.614. The highest BCUT2D eigenvalue weighted by molar-refractivity contribution is 7.71. The van der Waals surface area contributed by atoms with Crippen LogP contribution in [0.15, 0.2) is 48.5 Å². The van der Waals surface area contributed by atoms with Gasteiger partial charge in [-0.3, -0.25) is 0 Å². The van der Waals surface area contributed by atoms with Gasteiger partial charge in [0.15, 0.2) is 0 Å². The number of thiol groups is 1. The number of hydrogen-bond donors (Lipinski definition) is 1. The predicted octanol–water partition coefficient (Wildman–Crippen LogP) is 2.27. The summed E-state index contributed by atoms with van der Waals surface area (Å²) in [6, 6.07) is 18.1. The molecule has 0 aliphatic rings. The molecule has 1 radical (unpaired) electrons. The second-order valence-electron chi connectivity index (χ2n) is 3.48. The highest BCUT2D eigenvalue weighted by Crippen LogP contribution is 2.19. The molecule has 0 saturated heterocycles. The van der Waals surface area contributed by atoms with Crippen LogP contribution in [0.5, 0.6) is 0 Å². The Kier molecular flexibility index (Phi) is 3.37. The van der Waals surface area contributed by atoms with Crippen LogP contribution in [-0.2, 0) is 16.5 Å². The molecule has 0 amide bonds. The van der Waals surface area contributed by atoms with Crippen LogP contribution in [0.3, 0.4) is 0 Å². The first-order valence-electron chi connectivity index (χ1n) is 4.93. The topological polar surface area (TPSA) is 34.1 Å². The standard InChI is InChI=1S/C13H11O2S/c14-16(15)10-11-5-4-8-13(9-11)12-6-2-1-3-7-12/h2-9,16H,10H2. The van der Waals surface area contributed by atoms with Crippen molar-refractivity contribution in [3.63, 3.8) is 0 Å². The summed E-state index contributed by atoms with van der Waals surface area (Å²) in [7, 11) is -2.36. The van der Waals surface area contributed by atoms with Gasteiger partial charge in [0.05, 0.1) is 5.75 Å². The monoisotopic (exact) mass is 231 g/mol. The second-order valence-corrected chi connectivity index (χ2v) is 4.46. The highest BCUT2D eigenvalue weighted by atomic mass is 32.2. The molecule has 2 nitrogen and oxygen atoms in total. The zero-order valence-corrected chi connectivity index (χ0v) is 9.48. The molecule has 3 heteroatoms. The van der Waals surface area contributed by atoms with Gasteiger partial charge in [-0.05, 0) is 22.8 Å². The third-order valence-corrected chi connectivity index (χ3v) is 2.91. The van der Waals surface area contributed by atoms with Crippen molar-refractivity contribution in [3.05, 3.63) is 60.2 Å². The van der Waals surface area contributed by atoms with E-state index in [0.717, 1.165) is 16.7 Å². The molecule has 0 aliphatic carbocycles. The molecule has 0 N–H and O–H groups in total. The van der Waals surface area contributed by atoms with Crippen molar-refractivity contribution in [2.75, 3.05) is 0 Å². The minimum absolute atomic E-state index is 0.0993. The van der Waals surface area contributed by atoms with E-state index in [1.54, 1.807) is 0 Å². The lowest BCUT2D eigenvalue weighted by atomic mass is 10.0. The van der Waals surface area contributed by atoms with Gasteiger partial charge in [-0.1, -0.05) is 48.5 Å². The van der Waals surface area contributed by atoms with Gasteiger partial charge < -0.3 is 0 Å². The van der Waals surface area contributed by atoms with Crippen LogP contribution in [-0.4, -0.2) is 8.42 Å². The molecule has 2 aromatic rings. The molecule has 0 heterocycles. The van der Waals surface area contributed by atoms with Gasteiger partial charge in [0.2, 0.25) is 0 Å². The van der Waals surface area contributed by atoms with Crippen molar-refractivity contribution in [1.29, 1.82) is 0 Å². The van der Waals surface area contributed by atoms with Crippen molar-refractivity contribution in [1.82, 2.24) is 0 Å². The van der Waals surface area contributed by atoms with E-state index in [-0.39, 0.29) is 5.75 Å².